The predicted molar refractivity (Wildman–Crippen MR) is 131 cm³/mol. The maximum absolute atomic E-state index is 13.1. The van der Waals surface area contributed by atoms with Gasteiger partial charge < -0.3 is 4.98 Å². The van der Waals surface area contributed by atoms with Crippen molar-refractivity contribution in [1.82, 2.24) is 14.2 Å². The largest absolute Gasteiger partial charge is 0.354 e. The van der Waals surface area contributed by atoms with E-state index in [4.69, 9.17) is 0 Å². The first-order valence-electron chi connectivity index (χ1n) is 11.1. The van der Waals surface area contributed by atoms with Crippen molar-refractivity contribution in [1.29, 1.82) is 0 Å². The molecule has 0 spiro atoms. The summed E-state index contributed by atoms with van der Waals surface area (Å²) in [4.78, 5) is 16.2. The fourth-order valence-corrected chi connectivity index (χ4v) is 6.11. The Labute approximate surface area is 197 Å². The molecule has 0 saturated carbocycles. The second-order valence-corrected chi connectivity index (χ2v) is 10.2. The van der Waals surface area contributed by atoms with Gasteiger partial charge in [-0.05, 0) is 23.3 Å². The van der Waals surface area contributed by atoms with Gasteiger partial charge in [0, 0.05) is 49.7 Å². The molecule has 174 valence electrons. The van der Waals surface area contributed by atoms with Gasteiger partial charge in [-0.1, -0.05) is 60.7 Å². The van der Waals surface area contributed by atoms with Crippen LogP contribution in [0.25, 0.3) is 22.2 Å². The molecule has 3 aromatic carbocycles. The van der Waals surface area contributed by atoms with Crippen LogP contribution in [0.1, 0.15) is 5.56 Å². The number of rotatable bonds is 6. The molecular formula is C25H24N4O4S. The summed E-state index contributed by atoms with van der Waals surface area (Å²) in [5, 5.41) is 12.5. The van der Waals surface area contributed by atoms with E-state index >= 15 is 0 Å². The summed E-state index contributed by atoms with van der Waals surface area (Å²) in [6, 6.07) is 23.9. The van der Waals surface area contributed by atoms with E-state index in [1.807, 2.05) is 30.3 Å². The van der Waals surface area contributed by atoms with E-state index < -0.39 is 20.6 Å². The number of hydrogen-bond acceptors (Lipinski definition) is 5. The molecule has 0 radical (unpaired) electrons. The molecule has 0 bridgehead atoms. The second-order valence-electron chi connectivity index (χ2n) is 8.30. The molecule has 8 nitrogen and oxygen atoms in total. The summed E-state index contributed by atoms with van der Waals surface area (Å²) in [6.07, 6.45) is 0. The second kappa shape index (κ2) is 9.02. The standard InChI is InChI=1S/C25H24N4O4S/c30-29(31)23-12-6-7-13-24(23)34(32,33)28-16-14-27(15-17-28)18-21-20-10-4-5-11-22(20)26-25(21)19-8-2-1-3-9-19/h1-13,26H,14-18H2. The van der Waals surface area contributed by atoms with E-state index in [2.05, 4.69) is 34.1 Å². The van der Waals surface area contributed by atoms with Crippen molar-refractivity contribution < 1.29 is 13.3 Å². The Morgan fingerprint density at radius 1 is 0.853 bits per heavy atom. The normalized spacial score (nSPS) is 15.5. The molecule has 1 fully saturated rings. The van der Waals surface area contributed by atoms with Crippen LogP contribution >= 0.6 is 0 Å². The zero-order valence-electron chi connectivity index (χ0n) is 18.4. The Balaban J connectivity index is 1.38. The lowest BCUT2D eigenvalue weighted by Crippen LogP contribution is -2.48. The summed E-state index contributed by atoms with van der Waals surface area (Å²) in [6.45, 7) is 2.30. The van der Waals surface area contributed by atoms with Crippen LogP contribution < -0.4 is 0 Å². The number of nitro benzene ring substituents is 1. The van der Waals surface area contributed by atoms with E-state index in [1.54, 1.807) is 0 Å². The zero-order chi connectivity index (χ0) is 23.7. The van der Waals surface area contributed by atoms with Crippen LogP contribution in [0, 0.1) is 10.1 Å². The van der Waals surface area contributed by atoms with E-state index in [0.717, 1.165) is 22.2 Å². The summed E-state index contributed by atoms with van der Waals surface area (Å²) >= 11 is 0. The number of para-hydroxylation sites is 2. The number of sulfonamides is 1. The fourth-order valence-electron chi connectivity index (χ4n) is 4.53. The molecule has 1 N–H and O–H groups in total. The van der Waals surface area contributed by atoms with E-state index in [1.165, 1.54) is 34.1 Å². The van der Waals surface area contributed by atoms with Crippen LogP contribution in [0.15, 0.2) is 83.8 Å². The topological polar surface area (TPSA) is 99.5 Å². The third-order valence-electron chi connectivity index (χ3n) is 6.27. The molecule has 1 aromatic heterocycles. The number of aromatic amines is 1. The van der Waals surface area contributed by atoms with Gasteiger partial charge in [0.05, 0.1) is 10.6 Å². The smallest absolute Gasteiger partial charge is 0.289 e. The quantitative estimate of drug-likeness (QED) is 0.331. The molecule has 0 atom stereocenters. The average Bonchev–Trinajstić information content (AvgIpc) is 3.23. The first kappa shape index (κ1) is 22.3. The Hall–Kier alpha value is -3.53. The highest BCUT2D eigenvalue weighted by atomic mass is 32.2. The summed E-state index contributed by atoms with van der Waals surface area (Å²) < 4.78 is 27.6. The van der Waals surface area contributed by atoms with Gasteiger partial charge in [0.2, 0.25) is 10.0 Å². The third-order valence-corrected chi connectivity index (χ3v) is 8.21. The fraction of sp³-hybridized carbons (Fsp3) is 0.200. The van der Waals surface area contributed by atoms with Gasteiger partial charge in [0.15, 0.2) is 4.90 Å². The van der Waals surface area contributed by atoms with Gasteiger partial charge in [0.25, 0.3) is 5.69 Å². The lowest BCUT2D eigenvalue weighted by molar-refractivity contribution is -0.387. The minimum Gasteiger partial charge on any atom is -0.354 e. The van der Waals surface area contributed by atoms with Crippen LogP contribution in [0.4, 0.5) is 5.69 Å². The van der Waals surface area contributed by atoms with Crippen molar-refractivity contribution in [2.45, 2.75) is 11.4 Å². The molecule has 2 heterocycles. The molecule has 1 aliphatic rings. The number of hydrogen-bond donors (Lipinski definition) is 1. The summed E-state index contributed by atoms with van der Waals surface area (Å²) in [7, 11) is -3.95. The van der Waals surface area contributed by atoms with E-state index in [-0.39, 0.29) is 18.0 Å². The first-order valence-corrected chi connectivity index (χ1v) is 12.5. The molecule has 5 rings (SSSR count). The number of nitro groups is 1. The molecule has 0 unspecified atom stereocenters. The van der Waals surface area contributed by atoms with Crippen LogP contribution in [0.2, 0.25) is 0 Å². The first-order chi connectivity index (χ1) is 16.4. The number of nitrogens with zero attached hydrogens (tertiary/aromatic N) is 3. The summed E-state index contributed by atoms with van der Waals surface area (Å²) in [5.74, 6) is 0. The number of H-pyrrole nitrogens is 1. The molecule has 9 heteroatoms. The minimum absolute atomic E-state index is 0.253. The number of piperazine rings is 1. The minimum atomic E-state index is -3.95. The van der Waals surface area contributed by atoms with Crippen LogP contribution in [0.3, 0.4) is 0 Å². The van der Waals surface area contributed by atoms with Gasteiger partial charge in [0.1, 0.15) is 0 Å². The number of benzene rings is 3. The Morgan fingerprint density at radius 2 is 1.50 bits per heavy atom. The van der Waals surface area contributed by atoms with E-state index in [9.17, 15) is 18.5 Å². The molecule has 0 amide bonds. The SMILES string of the molecule is O=[N+]([O-])c1ccccc1S(=O)(=O)N1CCN(Cc2c(-c3ccccc3)[nH]c3ccccc23)CC1. The van der Waals surface area contributed by atoms with Crippen LogP contribution in [0.5, 0.6) is 0 Å². The predicted octanol–water partition coefficient (Wildman–Crippen LogP) is 4.25. The van der Waals surface area contributed by atoms with Crippen molar-refractivity contribution in [3.63, 3.8) is 0 Å². The Bertz CT molecular complexity index is 1440. The average molecular weight is 477 g/mol. The molecule has 4 aromatic rings. The number of nitrogens with one attached hydrogen (secondary N) is 1. The van der Waals surface area contributed by atoms with Crippen molar-refractivity contribution in [2.75, 3.05) is 26.2 Å². The lowest BCUT2D eigenvalue weighted by atomic mass is 10.0. The van der Waals surface area contributed by atoms with Crippen LogP contribution in [-0.2, 0) is 16.6 Å². The van der Waals surface area contributed by atoms with Crippen molar-refractivity contribution in [2.24, 2.45) is 0 Å². The van der Waals surface area contributed by atoms with Gasteiger partial charge in [-0.2, -0.15) is 4.31 Å². The number of aromatic nitrogens is 1. The highest BCUT2D eigenvalue weighted by Crippen LogP contribution is 2.32. The molecule has 0 aliphatic carbocycles. The summed E-state index contributed by atoms with van der Waals surface area (Å²) in [5.41, 5.74) is 4.02. The van der Waals surface area contributed by atoms with Crippen molar-refractivity contribution >= 4 is 26.6 Å². The van der Waals surface area contributed by atoms with Gasteiger partial charge in [-0.3, -0.25) is 15.0 Å². The Kier molecular flexibility index (Phi) is 5.91. The van der Waals surface area contributed by atoms with E-state index in [0.29, 0.717) is 19.6 Å². The molecule has 1 aliphatic heterocycles. The molecule has 34 heavy (non-hydrogen) atoms. The van der Waals surface area contributed by atoms with Gasteiger partial charge in [-0.25, -0.2) is 8.42 Å². The maximum atomic E-state index is 13.1. The third kappa shape index (κ3) is 4.09. The van der Waals surface area contributed by atoms with Gasteiger partial charge in [-0.15, -0.1) is 0 Å². The zero-order valence-corrected chi connectivity index (χ0v) is 19.2. The monoisotopic (exact) mass is 476 g/mol. The maximum Gasteiger partial charge on any atom is 0.289 e. The van der Waals surface area contributed by atoms with Crippen molar-refractivity contribution in [3.8, 4) is 11.3 Å². The highest BCUT2D eigenvalue weighted by molar-refractivity contribution is 7.89. The lowest BCUT2D eigenvalue weighted by Gasteiger charge is -2.34. The van der Waals surface area contributed by atoms with Crippen LogP contribution in [-0.4, -0.2) is 53.7 Å². The highest BCUT2D eigenvalue weighted by Gasteiger charge is 2.33. The number of fused-ring (bicyclic) bond motifs is 1. The molecule has 1 saturated heterocycles. The van der Waals surface area contributed by atoms with Gasteiger partial charge >= 0.3 is 0 Å². The Morgan fingerprint density at radius 3 is 2.24 bits per heavy atom. The van der Waals surface area contributed by atoms with Crippen molar-refractivity contribution in [3.05, 3.63) is 94.5 Å². The molecular weight excluding hydrogens is 452 g/mol.